The fourth-order valence-corrected chi connectivity index (χ4v) is 7.44. The molecule has 0 unspecified atom stereocenters. The van der Waals surface area contributed by atoms with E-state index in [1.54, 1.807) is 95.4 Å². The molecule has 5 aromatic rings. The standard InChI is InChI=1S/C17H22N4O5.C12H13NO4.C11H11NO4.C10H10N4O2.C10H9NO3.C6H13N3O2.C2H5ClO.CH4O.CH4/c1-10-11(19-5)7-8-12(25-9-24-6)13(10)14(22)20-15(18)21-16(23)26-17(2,3)4;1-8-9(13-2)5-6-10(17-7-15-3)11(8)12(14)16-4;1-7-8(12-2)4-5-9(16-6-15-3)10(7)11(13)14;1-5-6(13-2)3-4-7(15)8(5)9(16)14-10(11)12;1-6-7(11-2)4-5-8(12)9(6)10(13)14-3;1-6(2,3)11-5(10)9-4(7)8;1-4-2-3;1-2;/h7-8H,9H2,1-4,6H3,(H3,18,20,21,22,23);5-6H,7H2,1,3-4H3;4-5H,6H2,1,3H3,(H,13,14);3-4,15H,1H3,(H4,11,12,14,16);4-5,12H,1,3H3;1-3H3,(H4,7,8,9,10);2H2,1H3;2H,1H3;1H4. The molecule has 0 spiro atoms. The molecule has 0 aliphatic rings. The van der Waals surface area contributed by atoms with Gasteiger partial charge in [0.2, 0.25) is 5.96 Å². The summed E-state index contributed by atoms with van der Waals surface area (Å²) in [5, 5.41) is 47.0. The molecular weight excluding hydrogens is 1420 g/mol. The average molecular weight is 1520 g/mol. The molecule has 37 heteroatoms. The number of aliphatic hydroxyl groups excluding tert-OH is 1. The molecule has 0 radical (unpaired) electrons. The zero-order valence-corrected chi connectivity index (χ0v) is 62.3. The van der Waals surface area contributed by atoms with E-state index in [-0.39, 0.29) is 96.0 Å². The summed E-state index contributed by atoms with van der Waals surface area (Å²) in [7, 11) is 9.42. The Balaban J connectivity index is -0.000000595. The SMILES string of the molecule is C.CC(C)(C)OC(=O)N=C(N)N.CO.COCCl.[C-]#[N+]c1ccc(O)c(C(=O)N=C(N)N)c1C.[C-]#[N+]c1ccc(O)c(C(=O)OC)c1C.[C-]#[N+]c1ccc(OCOC)c(C(=O)NC(=N)NC(=O)OC(C)(C)C)c1C.[C-]#[N+]c1ccc(OCOC)c(C(=O)O)c1C.[C-]#[N+]c1ccc(OCOC)c(C(=O)OC)c1C. The third-order valence-electron chi connectivity index (χ3n) is 11.9. The molecule has 0 saturated carbocycles. The quantitative estimate of drug-likeness (QED) is 0.00882. The molecule has 5 aromatic carbocycles. The van der Waals surface area contributed by atoms with Gasteiger partial charge in [0.25, 0.3) is 11.8 Å². The van der Waals surface area contributed by atoms with Crippen molar-refractivity contribution in [1.29, 1.82) is 5.41 Å². The highest BCUT2D eigenvalue weighted by molar-refractivity contribution is 6.17. The van der Waals surface area contributed by atoms with Crippen molar-refractivity contribution in [3.63, 3.8) is 0 Å². The first-order valence-corrected chi connectivity index (χ1v) is 30.2. The van der Waals surface area contributed by atoms with Crippen molar-refractivity contribution in [2.24, 2.45) is 32.9 Å². The molecule has 0 aliphatic carbocycles. The van der Waals surface area contributed by atoms with Crippen LogP contribution in [0.4, 0.5) is 38.0 Å². The number of alkyl carbamates (subject to hydrolysis) is 1. The van der Waals surface area contributed by atoms with E-state index in [1.165, 1.54) is 84.1 Å². The third kappa shape index (κ3) is 36.7. The number of nitrogens with zero attached hydrogens (tertiary/aromatic N) is 7. The van der Waals surface area contributed by atoms with Gasteiger partial charge in [-0.1, -0.05) is 49.4 Å². The normalized spacial score (nSPS) is 9.49. The minimum Gasteiger partial charge on any atom is -0.507 e. The van der Waals surface area contributed by atoms with Crippen molar-refractivity contribution >= 4 is 99.8 Å². The summed E-state index contributed by atoms with van der Waals surface area (Å²) in [5.41, 5.74) is 22.8. The third-order valence-corrected chi connectivity index (χ3v) is 12.1. The number of carbonyl (C=O) groups is 7. The highest BCUT2D eigenvalue weighted by Gasteiger charge is 2.25. The first kappa shape index (κ1) is 101. The van der Waals surface area contributed by atoms with Gasteiger partial charge in [-0.25, -0.2) is 48.2 Å². The molecule has 0 fully saturated rings. The molecule has 0 bridgehead atoms. The zero-order valence-electron chi connectivity index (χ0n) is 61.6. The van der Waals surface area contributed by atoms with Crippen LogP contribution < -0.4 is 47.8 Å². The lowest BCUT2D eigenvalue weighted by Crippen LogP contribution is -2.45. The summed E-state index contributed by atoms with van der Waals surface area (Å²) in [4.78, 5) is 103. The number of carbonyl (C=O) groups excluding carboxylic acids is 6. The molecule has 0 heterocycles. The number of nitrogens with one attached hydrogen (secondary N) is 3. The van der Waals surface area contributed by atoms with Gasteiger partial charge in [0.1, 0.15) is 46.0 Å². The van der Waals surface area contributed by atoms with Crippen LogP contribution in [-0.2, 0) is 37.9 Å². The number of carboxylic acids is 1. The Morgan fingerprint density at radius 1 is 0.486 bits per heavy atom. The lowest BCUT2D eigenvalue weighted by atomic mass is 10.0. The van der Waals surface area contributed by atoms with E-state index in [1.807, 2.05) is 0 Å². The van der Waals surface area contributed by atoms with E-state index >= 15 is 0 Å². The number of benzene rings is 5. The number of amides is 4. The molecule has 0 aliphatic heterocycles. The minimum atomic E-state index is -1.12. The number of aromatic hydroxyl groups is 2. The number of carboxylic acid groups (broad SMARTS) is 1. The van der Waals surface area contributed by atoms with Crippen molar-refractivity contribution in [3.05, 3.63) is 173 Å². The highest BCUT2D eigenvalue weighted by Crippen LogP contribution is 2.35. The summed E-state index contributed by atoms with van der Waals surface area (Å²) >= 11 is 4.96. The number of guanidine groups is 3. The maximum atomic E-state index is 12.5. The lowest BCUT2D eigenvalue weighted by Gasteiger charge is -2.20. The number of aliphatic imine (C=N–C) groups is 2. The van der Waals surface area contributed by atoms with Crippen LogP contribution in [0.1, 0.15) is 129 Å². The predicted molar refractivity (Wildman–Crippen MR) is 397 cm³/mol. The van der Waals surface area contributed by atoms with Crippen LogP contribution >= 0.6 is 11.6 Å². The summed E-state index contributed by atoms with van der Waals surface area (Å²) < 4.78 is 53.3. The van der Waals surface area contributed by atoms with Gasteiger partial charge in [-0.3, -0.25) is 25.6 Å². The largest absolute Gasteiger partial charge is 0.507 e. The van der Waals surface area contributed by atoms with Crippen molar-refractivity contribution in [3.8, 4) is 28.7 Å². The highest BCUT2D eigenvalue weighted by atomic mass is 35.5. The Labute approximate surface area is 625 Å². The summed E-state index contributed by atoms with van der Waals surface area (Å²) in [6.45, 7) is 52.9. The van der Waals surface area contributed by atoms with Crippen molar-refractivity contribution < 1.29 is 106 Å². The van der Waals surface area contributed by atoms with Gasteiger partial charge in [0, 0.05) is 35.5 Å². The molecule has 580 valence electrons. The maximum absolute atomic E-state index is 12.5. The summed E-state index contributed by atoms with van der Waals surface area (Å²) in [6.07, 6.45) is -1.64. The van der Waals surface area contributed by atoms with Crippen LogP contribution in [0.3, 0.4) is 0 Å². The monoisotopic (exact) mass is 1510 g/mol. The van der Waals surface area contributed by atoms with E-state index < -0.39 is 65.0 Å². The van der Waals surface area contributed by atoms with Crippen LogP contribution in [-0.4, -0.2) is 168 Å². The van der Waals surface area contributed by atoms with Gasteiger partial charge in [0.05, 0.1) is 74.9 Å². The number of halogens is 1. The molecule has 15 N–H and O–H groups in total. The first-order valence-electron chi connectivity index (χ1n) is 29.7. The Morgan fingerprint density at radius 2 is 0.794 bits per heavy atom. The number of ether oxygens (including phenoxy) is 11. The second kappa shape index (κ2) is 52.1. The molecule has 36 nitrogen and oxygen atoms in total. The summed E-state index contributed by atoms with van der Waals surface area (Å²) in [5.74, 6) is -4.66. The number of hydrogen-bond donors (Lipinski definition) is 11. The number of aliphatic hydroxyl groups is 1. The zero-order chi connectivity index (χ0) is 82.4. The Bertz CT molecular complexity index is 4130. The Morgan fingerprint density at radius 3 is 1.12 bits per heavy atom. The van der Waals surface area contributed by atoms with Crippen LogP contribution in [0.15, 0.2) is 70.6 Å². The van der Waals surface area contributed by atoms with Crippen molar-refractivity contribution in [2.45, 2.75) is 94.8 Å². The topological polar surface area (TPSA) is 500 Å². The van der Waals surface area contributed by atoms with E-state index in [2.05, 4.69) is 59.1 Å². The van der Waals surface area contributed by atoms with Crippen LogP contribution in [0.2, 0.25) is 0 Å². The average Bonchev–Trinajstić information content (AvgIpc) is 0.839. The number of methoxy groups -OCH3 is 6. The Kier molecular flexibility index (Phi) is 49.0. The smallest absolute Gasteiger partial charge is 0.437 e. The van der Waals surface area contributed by atoms with E-state index in [0.717, 1.165) is 7.11 Å². The van der Waals surface area contributed by atoms with E-state index in [9.17, 15) is 43.8 Å². The molecule has 4 amide bonds. The molecule has 0 aromatic heterocycles. The second-order valence-corrected chi connectivity index (χ2v) is 21.9. The van der Waals surface area contributed by atoms with E-state index in [0.29, 0.717) is 56.7 Å². The molecule has 0 atom stereocenters. The molecule has 107 heavy (non-hydrogen) atoms. The number of esters is 2. The van der Waals surface area contributed by atoms with E-state index in [4.69, 9.17) is 121 Å². The Hall–Kier alpha value is -12.9. The fourth-order valence-electron chi connectivity index (χ4n) is 7.44. The fraction of sp³-hybridized carbons (Fsp3) is 0.357. The van der Waals surface area contributed by atoms with Crippen LogP contribution in [0, 0.1) is 72.9 Å². The first-order chi connectivity index (χ1) is 49.7. The molecule has 0 saturated heterocycles. The molecular formula is C70H91ClN14O22. The van der Waals surface area contributed by atoms with Crippen molar-refractivity contribution in [2.75, 3.05) is 76.2 Å². The van der Waals surface area contributed by atoms with Gasteiger partial charge in [-0.15, -0.1) is 4.99 Å². The van der Waals surface area contributed by atoms with Gasteiger partial charge in [-0.2, -0.15) is 4.99 Å². The van der Waals surface area contributed by atoms with Gasteiger partial charge in [0.15, 0.2) is 60.7 Å². The van der Waals surface area contributed by atoms with Gasteiger partial charge < -0.3 is 95.5 Å². The lowest BCUT2D eigenvalue weighted by molar-refractivity contribution is 0.0461. The molecule has 5 rings (SSSR count). The number of phenolic OH excluding ortho intramolecular Hbond substituents is 2. The van der Waals surface area contributed by atoms with Crippen LogP contribution in [0.25, 0.3) is 24.2 Å². The second-order valence-electron chi connectivity index (χ2n) is 21.7. The number of phenols is 2. The maximum Gasteiger partial charge on any atom is 0.437 e. The van der Waals surface area contributed by atoms with Gasteiger partial charge >= 0.3 is 30.1 Å². The van der Waals surface area contributed by atoms with Crippen LogP contribution in [0.5, 0.6) is 28.7 Å². The number of aromatic carboxylic acids is 1. The summed E-state index contributed by atoms with van der Waals surface area (Å²) in [6, 6.07) is 14.9. The number of hydrogen-bond acceptors (Lipinski definition) is 22. The number of alkyl halides is 1. The number of rotatable bonds is 15. The minimum absolute atomic E-state index is 0. The van der Waals surface area contributed by atoms with Crippen molar-refractivity contribution in [1.82, 2.24) is 10.6 Å². The predicted octanol–water partition coefficient (Wildman–Crippen LogP) is 11.2. The number of nitrogens with two attached hydrogens (primary N) is 4. The van der Waals surface area contributed by atoms with Gasteiger partial charge in [-0.05, 0) is 134 Å².